The van der Waals surface area contributed by atoms with Crippen molar-refractivity contribution < 1.29 is 19.2 Å². The van der Waals surface area contributed by atoms with Gasteiger partial charge in [-0.1, -0.05) is 24.6 Å². The first-order valence-corrected chi connectivity index (χ1v) is 6.53. The summed E-state index contributed by atoms with van der Waals surface area (Å²) < 4.78 is 4.94. The summed E-state index contributed by atoms with van der Waals surface area (Å²) >= 11 is 0. The lowest BCUT2D eigenvalue weighted by atomic mass is 10.1. The zero-order chi connectivity index (χ0) is 15.2. The summed E-state index contributed by atoms with van der Waals surface area (Å²) in [4.78, 5) is 27.1. The maximum Gasteiger partial charge on any atom is 0.326 e. The minimum Gasteiger partial charge on any atom is -0.480 e. The molecule has 0 aliphatic carbocycles. The number of pyridine rings is 1. The lowest BCUT2D eigenvalue weighted by molar-refractivity contribution is -0.139. The van der Waals surface area contributed by atoms with Crippen molar-refractivity contribution in [1.29, 1.82) is 0 Å². The van der Waals surface area contributed by atoms with Gasteiger partial charge in [-0.25, -0.2) is 4.79 Å². The number of rotatable bonds is 6. The molecule has 1 unspecified atom stereocenters. The number of hydrogen-bond donors (Lipinski definition) is 2. The smallest absolute Gasteiger partial charge is 0.326 e. The predicted octanol–water partition coefficient (Wildman–Crippen LogP) is 1.72. The van der Waals surface area contributed by atoms with Crippen molar-refractivity contribution in [2.45, 2.75) is 25.8 Å². The van der Waals surface area contributed by atoms with E-state index in [0.717, 1.165) is 0 Å². The highest BCUT2D eigenvalue weighted by Crippen LogP contribution is 2.16. The van der Waals surface area contributed by atoms with Crippen LogP contribution in [-0.4, -0.2) is 33.2 Å². The van der Waals surface area contributed by atoms with Crippen LogP contribution in [0.3, 0.4) is 0 Å². The molecule has 7 heteroatoms. The largest absolute Gasteiger partial charge is 0.480 e. The standard InChI is InChI=1S/C14H15N3O4/c1-2-5-10(14(19)20)16-13(18)12-8-11(17-21-12)9-6-3-4-7-15-9/h3-4,6-8,10H,2,5H2,1H3,(H,16,18)(H,19,20). The van der Waals surface area contributed by atoms with E-state index >= 15 is 0 Å². The van der Waals surface area contributed by atoms with E-state index in [1.54, 1.807) is 24.4 Å². The lowest BCUT2D eigenvalue weighted by Gasteiger charge is -2.11. The third-order valence-electron chi connectivity index (χ3n) is 2.84. The van der Waals surface area contributed by atoms with Crippen molar-refractivity contribution in [3.05, 3.63) is 36.2 Å². The molecule has 1 atom stereocenters. The fraction of sp³-hybridized carbons (Fsp3) is 0.286. The molecule has 2 rings (SSSR count). The second kappa shape index (κ2) is 6.65. The van der Waals surface area contributed by atoms with Gasteiger partial charge in [0, 0.05) is 12.3 Å². The highest BCUT2D eigenvalue weighted by Gasteiger charge is 2.22. The molecule has 7 nitrogen and oxygen atoms in total. The van der Waals surface area contributed by atoms with E-state index in [-0.39, 0.29) is 5.76 Å². The van der Waals surface area contributed by atoms with Crippen LogP contribution in [0.4, 0.5) is 0 Å². The van der Waals surface area contributed by atoms with E-state index in [0.29, 0.717) is 24.2 Å². The number of carbonyl (C=O) groups excluding carboxylic acids is 1. The molecule has 0 saturated carbocycles. The second-order valence-corrected chi connectivity index (χ2v) is 4.44. The van der Waals surface area contributed by atoms with Gasteiger partial charge in [-0.15, -0.1) is 0 Å². The fourth-order valence-electron chi connectivity index (χ4n) is 1.79. The second-order valence-electron chi connectivity index (χ2n) is 4.44. The van der Waals surface area contributed by atoms with E-state index < -0.39 is 17.9 Å². The first-order valence-electron chi connectivity index (χ1n) is 6.53. The van der Waals surface area contributed by atoms with E-state index in [1.165, 1.54) is 6.07 Å². The number of nitrogens with zero attached hydrogens (tertiary/aromatic N) is 2. The third kappa shape index (κ3) is 3.65. The van der Waals surface area contributed by atoms with Gasteiger partial charge in [-0.2, -0.15) is 0 Å². The van der Waals surface area contributed by atoms with Crippen molar-refractivity contribution in [2.24, 2.45) is 0 Å². The predicted molar refractivity (Wildman–Crippen MR) is 73.5 cm³/mol. The van der Waals surface area contributed by atoms with Gasteiger partial charge in [0.25, 0.3) is 5.91 Å². The monoisotopic (exact) mass is 289 g/mol. The van der Waals surface area contributed by atoms with Gasteiger partial charge in [0.2, 0.25) is 5.76 Å². The number of amides is 1. The maximum atomic E-state index is 12.0. The van der Waals surface area contributed by atoms with Gasteiger partial charge in [0.05, 0.1) is 5.69 Å². The molecule has 0 aliphatic heterocycles. The van der Waals surface area contributed by atoms with Crippen LogP contribution in [0.15, 0.2) is 35.0 Å². The molecule has 0 bridgehead atoms. The number of hydrogen-bond acceptors (Lipinski definition) is 5. The molecule has 1 amide bonds. The molecule has 0 aromatic carbocycles. The van der Waals surface area contributed by atoms with Gasteiger partial charge < -0.3 is 14.9 Å². The average Bonchev–Trinajstić information content (AvgIpc) is 2.97. The van der Waals surface area contributed by atoms with Gasteiger partial charge in [-0.05, 0) is 18.6 Å². The Balaban J connectivity index is 2.10. The van der Waals surface area contributed by atoms with Crippen molar-refractivity contribution in [2.75, 3.05) is 0 Å². The Hall–Kier alpha value is -2.70. The Morgan fingerprint density at radius 1 is 1.38 bits per heavy atom. The quantitative estimate of drug-likeness (QED) is 0.838. The van der Waals surface area contributed by atoms with E-state index in [1.807, 2.05) is 6.92 Å². The zero-order valence-electron chi connectivity index (χ0n) is 11.4. The molecule has 0 saturated heterocycles. The van der Waals surface area contributed by atoms with Crippen LogP contribution in [-0.2, 0) is 4.79 Å². The normalized spacial score (nSPS) is 11.9. The van der Waals surface area contributed by atoms with Crippen LogP contribution >= 0.6 is 0 Å². The molecular formula is C14H15N3O4. The molecule has 0 spiro atoms. The minimum atomic E-state index is -1.07. The zero-order valence-corrected chi connectivity index (χ0v) is 11.4. The number of carbonyl (C=O) groups is 2. The maximum absolute atomic E-state index is 12.0. The molecule has 2 N–H and O–H groups in total. The Labute approximate surface area is 121 Å². The van der Waals surface area contributed by atoms with Crippen LogP contribution in [0.5, 0.6) is 0 Å². The van der Waals surface area contributed by atoms with E-state index in [4.69, 9.17) is 9.63 Å². The van der Waals surface area contributed by atoms with Crippen LogP contribution < -0.4 is 5.32 Å². The topological polar surface area (TPSA) is 105 Å². The SMILES string of the molecule is CCCC(NC(=O)c1cc(-c2ccccn2)no1)C(=O)O. The van der Waals surface area contributed by atoms with E-state index in [9.17, 15) is 9.59 Å². The minimum absolute atomic E-state index is 0.0435. The first-order chi connectivity index (χ1) is 10.1. The summed E-state index contributed by atoms with van der Waals surface area (Å²) in [6.45, 7) is 1.84. The molecule has 2 aromatic heterocycles. The molecular weight excluding hydrogens is 274 g/mol. The Morgan fingerprint density at radius 3 is 2.81 bits per heavy atom. The number of aliphatic carboxylic acids is 1. The Bertz CT molecular complexity index is 624. The molecule has 0 fully saturated rings. The summed E-state index contributed by atoms with van der Waals surface area (Å²) in [6, 6.07) is 5.78. The van der Waals surface area contributed by atoms with Crippen LogP contribution in [0.25, 0.3) is 11.4 Å². The van der Waals surface area contributed by atoms with Crippen molar-refractivity contribution in [3.63, 3.8) is 0 Å². The van der Waals surface area contributed by atoms with E-state index in [2.05, 4.69) is 15.5 Å². The van der Waals surface area contributed by atoms with Gasteiger partial charge in [0.1, 0.15) is 11.7 Å². The average molecular weight is 289 g/mol. The summed E-state index contributed by atoms with van der Waals surface area (Å²) in [5, 5.41) is 15.2. The Kier molecular flexibility index (Phi) is 4.65. The van der Waals surface area contributed by atoms with Gasteiger partial charge in [-0.3, -0.25) is 9.78 Å². The summed E-state index contributed by atoms with van der Waals surface area (Å²) in [7, 11) is 0. The van der Waals surface area contributed by atoms with Crippen LogP contribution in [0, 0.1) is 0 Å². The third-order valence-corrected chi connectivity index (χ3v) is 2.84. The highest BCUT2D eigenvalue weighted by molar-refractivity contribution is 5.94. The molecule has 0 aliphatic rings. The van der Waals surface area contributed by atoms with Crippen molar-refractivity contribution in [1.82, 2.24) is 15.5 Å². The Morgan fingerprint density at radius 2 is 2.19 bits per heavy atom. The number of carboxylic acids is 1. The molecule has 21 heavy (non-hydrogen) atoms. The van der Waals surface area contributed by atoms with Gasteiger partial charge >= 0.3 is 5.97 Å². The molecule has 2 heterocycles. The van der Waals surface area contributed by atoms with Gasteiger partial charge in [0.15, 0.2) is 0 Å². The summed E-state index contributed by atoms with van der Waals surface area (Å²) in [5.41, 5.74) is 0.992. The summed E-state index contributed by atoms with van der Waals surface area (Å²) in [5.74, 6) is -1.72. The number of nitrogens with one attached hydrogen (secondary N) is 1. The van der Waals surface area contributed by atoms with Crippen LogP contribution in [0.2, 0.25) is 0 Å². The first kappa shape index (κ1) is 14.7. The molecule has 0 radical (unpaired) electrons. The van der Waals surface area contributed by atoms with Crippen molar-refractivity contribution >= 4 is 11.9 Å². The summed E-state index contributed by atoms with van der Waals surface area (Å²) in [6.07, 6.45) is 2.60. The number of aromatic nitrogens is 2. The number of carboxylic acid groups (broad SMARTS) is 1. The lowest BCUT2D eigenvalue weighted by Crippen LogP contribution is -2.40. The molecule has 110 valence electrons. The van der Waals surface area contributed by atoms with Crippen LogP contribution in [0.1, 0.15) is 30.3 Å². The fourth-order valence-corrected chi connectivity index (χ4v) is 1.79. The molecule has 2 aromatic rings. The highest BCUT2D eigenvalue weighted by atomic mass is 16.5. The van der Waals surface area contributed by atoms with Crippen molar-refractivity contribution in [3.8, 4) is 11.4 Å².